The van der Waals surface area contributed by atoms with Crippen LogP contribution in [-0.2, 0) is 33.8 Å². The molecule has 2 aliphatic heterocycles. The molecule has 1 unspecified atom stereocenters. The SMILES string of the molecule is COc1ccc(CC(=O)N(CC(=O)N(Cc2ccc3c(c2)OCO3)Cc2coc3ccc(Cl)cc3c2=O)CC2CCCO2)cc1. The molecule has 45 heavy (non-hydrogen) atoms. The van der Waals surface area contributed by atoms with E-state index in [1.54, 1.807) is 53.3 Å². The van der Waals surface area contributed by atoms with Gasteiger partial charge in [0.2, 0.25) is 18.6 Å². The van der Waals surface area contributed by atoms with Crippen molar-refractivity contribution >= 4 is 34.4 Å². The minimum atomic E-state index is -0.334. The van der Waals surface area contributed by atoms with E-state index in [-0.39, 0.29) is 68.3 Å². The number of nitrogens with zero attached hydrogens (tertiary/aromatic N) is 2. The van der Waals surface area contributed by atoms with Crippen LogP contribution < -0.4 is 19.6 Å². The molecule has 0 aliphatic carbocycles. The molecule has 6 rings (SSSR count). The maximum absolute atomic E-state index is 14.1. The quantitative estimate of drug-likeness (QED) is 0.228. The van der Waals surface area contributed by atoms with E-state index in [1.165, 1.54) is 6.26 Å². The molecule has 0 saturated carbocycles. The summed E-state index contributed by atoms with van der Waals surface area (Å²) in [5, 5.41) is 0.727. The van der Waals surface area contributed by atoms with Gasteiger partial charge < -0.3 is 33.2 Å². The number of hydrogen-bond donors (Lipinski definition) is 0. The fourth-order valence-corrected chi connectivity index (χ4v) is 5.70. The van der Waals surface area contributed by atoms with Crippen LogP contribution in [0.15, 0.2) is 76.1 Å². The number of amides is 2. The first kappa shape index (κ1) is 30.5. The fraction of sp³-hybridized carbons (Fsp3) is 0.324. The normalized spacial score (nSPS) is 15.3. The van der Waals surface area contributed by atoms with Crippen LogP contribution in [0, 0.1) is 0 Å². The van der Waals surface area contributed by atoms with Gasteiger partial charge in [-0.2, -0.15) is 0 Å². The molecule has 0 bridgehead atoms. The number of rotatable bonds is 11. The molecule has 234 valence electrons. The molecule has 1 aromatic heterocycles. The highest BCUT2D eigenvalue weighted by atomic mass is 35.5. The van der Waals surface area contributed by atoms with E-state index in [2.05, 4.69) is 0 Å². The number of methoxy groups -OCH3 is 1. The minimum absolute atomic E-state index is 0.0432. The Morgan fingerprint density at radius 1 is 0.933 bits per heavy atom. The largest absolute Gasteiger partial charge is 0.497 e. The first-order chi connectivity index (χ1) is 21.9. The van der Waals surface area contributed by atoms with Crippen molar-refractivity contribution in [1.29, 1.82) is 0 Å². The number of hydrogen-bond acceptors (Lipinski definition) is 8. The van der Waals surface area contributed by atoms with E-state index in [0.717, 1.165) is 24.0 Å². The third-order valence-corrected chi connectivity index (χ3v) is 8.21. The lowest BCUT2D eigenvalue weighted by atomic mass is 10.1. The molecule has 10 nitrogen and oxygen atoms in total. The zero-order valence-corrected chi connectivity index (χ0v) is 25.6. The third-order valence-electron chi connectivity index (χ3n) is 7.97. The van der Waals surface area contributed by atoms with Crippen molar-refractivity contribution in [2.75, 3.05) is 33.6 Å². The van der Waals surface area contributed by atoms with E-state index in [0.29, 0.717) is 39.8 Å². The second-order valence-corrected chi connectivity index (χ2v) is 11.5. The van der Waals surface area contributed by atoms with Crippen LogP contribution in [0.5, 0.6) is 17.2 Å². The number of carbonyl (C=O) groups excluding carboxylic acids is 2. The van der Waals surface area contributed by atoms with Gasteiger partial charge >= 0.3 is 0 Å². The summed E-state index contributed by atoms with van der Waals surface area (Å²) in [5.41, 5.74) is 1.98. The van der Waals surface area contributed by atoms with E-state index in [9.17, 15) is 14.4 Å². The molecule has 11 heteroatoms. The van der Waals surface area contributed by atoms with Crippen LogP contribution >= 0.6 is 11.6 Å². The number of benzene rings is 3. The van der Waals surface area contributed by atoms with Gasteiger partial charge in [0.25, 0.3) is 0 Å². The molecule has 0 spiro atoms. The molecular formula is C34H33ClN2O8. The average molecular weight is 633 g/mol. The highest BCUT2D eigenvalue weighted by molar-refractivity contribution is 6.31. The van der Waals surface area contributed by atoms with Crippen LogP contribution in [0.1, 0.15) is 29.5 Å². The van der Waals surface area contributed by atoms with Gasteiger partial charge in [-0.05, 0) is 66.4 Å². The van der Waals surface area contributed by atoms with E-state index >= 15 is 0 Å². The molecule has 2 aliphatic rings. The van der Waals surface area contributed by atoms with Gasteiger partial charge in [0.05, 0.1) is 49.9 Å². The van der Waals surface area contributed by atoms with Crippen LogP contribution in [0.2, 0.25) is 5.02 Å². The summed E-state index contributed by atoms with van der Waals surface area (Å²) in [6.07, 6.45) is 3.04. The Labute approximate surface area is 265 Å². The Morgan fingerprint density at radius 3 is 2.51 bits per heavy atom. The lowest BCUT2D eigenvalue weighted by molar-refractivity contribution is -0.142. The van der Waals surface area contributed by atoms with Crippen molar-refractivity contribution in [3.8, 4) is 17.2 Å². The molecule has 2 amide bonds. The topological polar surface area (TPSA) is 108 Å². The van der Waals surface area contributed by atoms with Crippen LogP contribution in [0.4, 0.5) is 0 Å². The Morgan fingerprint density at radius 2 is 1.73 bits per heavy atom. The third kappa shape index (κ3) is 7.24. The Bertz CT molecular complexity index is 1750. The molecule has 3 aromatic carbocycles. The standard InChI is InChI=1S/C34H33ClN2O8/c1-41-26-8-4-22(5-9-26)14-32(38)37(18-27-3-2-12-42-27)19-33(39)36(16-23-6-10-30-31(13-23)45-21-44-30)17-24-20-43-29-11-7-25(35)15-28(29)34(24)40/h4-11,13,15,20,27H,2-3,12,14,16-19,21H2,1H3. The van der Waals surface area contributed by atoms with Crippen molar-refractivity contribution in [2.24, 2.45) is 0 Å². The number of carbonyl (C=O) groups is 2. The van der Waals surface area contributed by atoms with E-state index in [4.69, 9.17) is 35.0 Å². The summed E-state index contributed by atoms with van der Waals surface area (Å²) in [4.78, 5) is 44.3. The van der Waals surface area contributed by atoms with Crippen molar-refractivity contribution in [3.63, 3.8) is 0 Å². The maximum atomic E-state index is 14.1. The molecule has 0 radical (unpaired) electrons. The lowest BCUT2D eigenvalue weighted by Crippen LogP contribution is -2.46. The molecule has 1 saturated heterocycles. The van der Waals surface area contributed by atoms with Gasteiger partial charge in [-0.15, -0.1) is 0 Å². The Hall–Kier alpha value is -4.54. The summed E-state index contributed by atoms with van der Waals surface area (Å²) in [6, 6.07) is 17.5. The van der Waals surface area contributed by atoms with Gasteiger partial charge in [-0.25, -0.2) is 0 Å². The molecule has 1 atom stereocenters. The summed E-state index contributed by atoms with van der Waals surface area (Å²) in [6.45, 7) is 0.953. The summed E-state index contributed by atoms with van der Waals surface area (Å²) >= 11 is 6.16. The minimum Gasteiger partial charge on any atom is -0.497 e. The first-order valence-corrected chi connectivity index (χ1v) is 15.1. The lowest BCUT2D eigenvalue weighted by Gasteiger charge is -2.29. The van der Waals surface area contributed by atoms with Crippen LogP contribution in [0.25, 0.3) is 11.0 Å². The Balaban J connectivity index is 1.27. The van der Waals surface area contributed by atoms with Crippen LogP contribution in [0.3, 0.4) is 0 Å². The van der Waals surface area contributed by atoms with Gasteiger partial charge in [0.15, 0.2) is 16.9 Å². The van der Waals surface area contributed by atoms with Crippen molar-refractivity contribution in [1.82, 2.24) is 9.80 Å². The van der Waals surface area contributed by atoms with Gasteiger partial charge in [0.1, 0.15) is 11.3 Å². The Kier molecular flexibility index (Phi) is 9.23. The van der Waals surface area contributed by atoms with E-state index < -0.39 is 0 Å². The molecule has 4 aromatic rings. The summed E-state index contributed by atoms with van der Waals surface area (Å²) in [7, 11) is 1.58. The van der Waals surface area contributed by atoms with Crippen LogP contribution in [-0.4, -0.2) is 61.3 Å². The van der Waals surface area contributed by atoms with Crippen molar-refractivity contribution < 1.29 is 33.0 Å². The van der Waals surface area contributed by atoms with Crippen molar-refractivity contribution in [3.05, 3.63) is 98.9 Å². The van der Waals surface area contributed by atoms with Gasteiger partial charge in [0, 0.05) is 24.7 Å². The molecule has 3 heterocycles. The number of halogens is 1. The monoisotopic (exact) mass is 632 g/mol. The van der Waals surface area contributed by atoms with Crippen molar-refractivity contribution in [2.45, 2.75) is 38.5 Å². The smallest absolute Gasteiger partial charge is 0.242 e. The predicted octanol–water partition coefficient (Wildman–Crippen LogP) is 4.96. The molecule has 0 N–H and O–H groups in total. The summed E-state index contributed by atoms with van der Waals surface area (Å²) < 4.78 is 27.8. The fourth-order valence-electron chi connectivity index (χ4n) is 5.53. The first-order valence-electron chi connectivity index (χ1n) is 14.7. The second-order valence-electron chi connectivity index (χ2n) is 11.1. The predicted molar refractivity (Wildman–Crippen MR) is 167 cm³/mol. The van der Waals surface area contributed by atoms with Gasteiger partial charge in [-0.1, -0.05) is 29.8 Å². The number of ether oxygens (including phenoxy) is 4. The summed E-state index contributed by atoms with van der Waals surface area (Å²) in [5.74, 6) is 1.36. The maximum Gasteiger partial charge on any atom is 0.242 e. The molecule has 1 fully saturated rings. The van der Waals surface area contributed by atoms with Gasteiger partial charge in [-0.3, -0.25) is 14.4 Å². The highest BCUT2D eigenvalue weighted by Crippen LogP contribution is 2.33. The zero-order chi connectivity index (χ0) is 31.3. The zero-order valence-electron chi connectivity index (χ0n) is 24.8. The second kappa shape index (κ2) is 13.6. The molecular weight excluding hydrogens is 600 g/mol. The number of fused-ring (bicyclic) bond motifs is 2. The highest BCUT2D eigenvalue weighted by Gasteiger charge is 2.28. The average Bonchev–Trinajstić information content (AvgIpc) is 3.74. The van der Waals surface area contributed by atoms with E-state index in [1.807, 2.05) is 24.3 Å².